The lowest BCUT2D eigenvalue weighted by Gasteiger charge is -2.14. The Morgan fingerprint density at radius 3 is 2.48 bits per heavy atom. The maximum Gasteiger partial charge on any atom is 0.342 e. The zero-order chi connectivity index (χ0) is 18.4. The molecule has 6 nitrogen and oxygen atoms in total. The first kappa shape index (κ1) is 18.3. The van der Waals surface area contributed by atoms with Crippen molar-refractivity contribution < 1.29 is 24.2 Å². The number of nitrogens with one attached hydrogen (secondary N) is 1. The number of ether oxygens (including phenoxy) is 2. The molecule has 0 radical (unpaired) electrons. The van der Waals surface area contributed by atoms with E-state index in [1.54, 1.807) is 37.3 Å². The fourth-order valence-corrected chi connectivity index (χ4v) is 2.14. The third-order valence-corrected chi connectivity index (χ3v) is 3.46. The van der Waals surface area contributed by atoms with Crippen LogP contribution in [-0.4, -0.2) is 29.7 Å². The van der Waals surface area contributed by atoms with Crippen molar-refractivity contribution in [2.24, 2.45) is 0 Å². The molecule has 2 aromatic rings. The second-order valence-corrected chi connectivity index (χ2v) is 5.51. The quantitative estimate of drug-likeness (QED) is 0.786. The minimum absolute atomic E-state index is 0.0284. The number of anilines is 1. The molecule has 0 bridgehead atoms. The SMILES string of the molecule is CCOc1ccc(NC(=O)[C@@H](C)OC(=O)c2cc(C)ccc2O)cc1. The lowest BCUT2D eigenvalue weighted by atomic mass is 10.1. The van der Waals surface area contributed by atoms with Gasteiger partial charge in [-0.25, -0.2) is 4.79 Å². The molecule has 0 aliphatic heterocycles. The van der Waals surface area contributed by atoms with Gasteiger partial charge in [-0.15, -0.1) is 0 Å². The van der Waals surface area contributed by atoms with Gasteiger partial charge in [-0.3, -0.25) is 4.79 Å². The van der Waals surface area contributed by atoms with Crippen LogP contribution in [-0.2, 0) is 9.53 Å². The first-order valence-electron chi connectivity index (χ1n) is 7.95. The van der Waals surface area contributed by atoms with Crippen LogP contribution in [0.2, 0.25) is 0 Å². The lowest BCUT2D eigenvalue weighted by molar-refractivity contribution is -0.123. The highest BCUT2D eigenvalue weighted by Gasteiger charge is 2.21. The van der Waals surface area contributed by atoms with Gasteiger partial charge < -0.3 is 19.9 Å². The van der Waals surface area contributed by atoms with Crippen molar-refractivity contribution in [1.29, 1.82) is 0 Å². The predicted molar refractivity (Wildman–Crippen MR) is 94.0 cm³/mol. The van der Waals surface area contributed by atoms with Crippen molar-refractivity contribution >= 4 is 17.6 Å². The summed E-state index contributed by atoms with van der Waals surface area (Å²) in [5.41, 5.74) is 1.40. The number of hydrogen-bond donors (Lipinski definition) is 2. The predicted octanol–water partition coefficient (Wildman–Crippen LogP) is 3.28. The van der Waals surface area contributed by atoms with E-state index in [0.717, 1.165) is 5.56 Å². The Balaban J connectivity index is 1.97. The monoisotopic (exact) mass is 343 g/mol. The Labute approximate surface area is 146 Å². The first-order valence-corrected chi connectivity index (χ1v) is 7.95. The summed E-state index contributed by atoms with van der Waals surface area (Å²) in [4.78, 5) is 24.3. The number of amides is 1. The molecule has 0 spiro atoms. The summed E-state index contributed by atoms with van der Waals surface area (Å²) >= 11 is 0. The molecule has 6 heteroatoms. The molecule has 0 aliphatic carbocycles. The number of phenolic OH excluding ortho intramolecular Hbond substituents is 1. The van der Waals surface area contributed by atoms with Crippen LogP contribution in [0.4, 0.5) is 5.69 Å². The summed E-state index contributed by atoms with van der Waals surface area (Å²) in [5.74, 6) is -0.704. The highest BCUT2D eigenvalue weighted by atomic mass is 16.5. The number of aryl methyl sites for hydroxylation is 1. The zero-order valence-electron chi connectivity index (χ0n) is 14.4. The fraction of sp³-hybridized carbons (Fsp3) is 0.263. The summed E-state index contributed by atoms with van der Waals surface area (Å²) in [5, 5.41) is 12.4. The average Bonchev–Trinajstić information content (AvgIpc) is 2.58. The summed E-state index contributed by atoms with van der Waals surface area (Å²) in [6.07, 6.45) is -1.01. The van der Waals surface area contributed by atoms with Gasteiger partial charge in [-0.1, -0.05) is 11.6 Å². The van der Waals surface area contributed by atoms with Crippen LogP contribution in [0, 0.1) is 6.92 Å². The summed E-state index contributed by atoms with van der Waals surface area (Å²) < 4.78 is 10.5. The molecule has 0 fully saturated rings. The maximum absolute atomic E-state index is 12.2. The Morgan fingerprint density at radius 1 is 1.16 bits per heavy atom. The van der Waals surface area contributed by atoms with Crippen molar-refractivity contribution in [2.45, 2.75) is 26.9 Å². The number of benzene rings is 2. The number of phenols is 1. The molecular formula is C19H21NO5. The van der Waals surface area contributed by atoms with Crippen LogP contribution < -0.4 is 10.1 Å². The van der Waals surface area contributed by atoms with Gasteiger partial charge in [-0.05, 0) is 57.2 Å². The zero-order valence-corrected chi connectivity index (χ0v) is 14.4. The van der Waals surface area contributed by atoms with Gasteiger partial charge in [0.2, 0.25) is 0 Å². The molecule has 1 atom stereocenters. The van der Waals surface area contributed by atoms with Crippen LogP contribution in [0.1, 0.15) is 29.8 Å². The summed E-state index contributed by atoms with van der Waals surface area (Å²) in [7, 11) is 0. The van der Waals surface area contributed by atoms with Crippen molar-refractivity contribution in [3.63, 3.8) is 0 Å². The molecule has 0 aliphatic rings. The molecule has 0 unspecified atom stereocenters. The number of esters is 1. The van der Waals surface area contributed by atoms with Crippen molar-refractivity contribution in [3.05, 3.63) is 53.6 Å². The molecule has 25 heavy (non-hydrogen) atoms. The minimum Gasteiger partial charge on any atom is -0.507 e. The smallest absolute Gasteiger partial charge is 0.342 e. The first-order chi connectivity index (χ1) is 11.9. The maximum atomic E-state index is 12.2. The van der Waals surface area contributed by atoms with Crippen molar-refractivity contribution in [3.8, 4) is 11.5 Å². The summed E-state index contributed by atoms with van der Waals surface area (Å²) in [6.45, 7) is 5.70. The molecule has 2 rings (SSSR count). The van der Waals surface area contributed by atoms with Crippen LogP contribution in [0.25, 0.3) is 0 Å². The molecule has 0 saturated carbocycles. The van der Waals surface area contributed by atoms with Gasteiger partial charge >= 0.3 is 5.97 Å². The van der Waals surface area contributed by atoms with Crippen molar-refractivity contribution in [1.82, 2.24) is 0 Å². The van der Waals surface area contributed by atoms with E-state index >= 15 is 0 Å². The third-order valence-electron chi connectivity index (χ3n) is 3.46. The number of hydrogen-bond acceptors (Lipinski definition) is 5. The molecule has 132 valence electrons. The van der Waals surface area contributed by atoms with Crippen LogP contribution in [0.15, 0.2) is 42.5 Å². The van der Waals surface area contributed by atoms with Gasteiger partial charge in [-0.2, -0.15) is 0 Å². The largest absolute Gasteiger partial charge is 0.507 e. The molecule has 0 aromatic heterocycles. The van der Waals surface area contributed by atoms with Gasteiger partial charge in [0.25, 0.3) is 5.91 Å². The second-order valence-electron chi connectivity index (χ2n) is 5.51. The van der Waals surface area contributed by atoms with Crippen LogP contribution in [0.5, 0.6) is 11.5 Å². The number of carbonyl (C=O) groups is 2. The van der Waals surface area contributed by atoms with E-state index < -0.39 is 18.0 Å². The van der Waals surface area contributed by atoms with Crippen LogP contribution >= 0.6 is 0 Å². The van der Waals surface area contributed by atoms with Gasteiger partial charge in [0, 0.05) is 5.69 Å². The van der Waals surface area contributed by atoms with Gasteiger partial charge in [0.1, 0.15) is 17.1 Å². The fourth-order valence-electron chi connectivity index (χ4n) is 2.14. The number of aromatic hydroxyl groups is 1. The number of rotatable bonds is 6. The molecular weight excluding hydrogens is 322 g/mol. The molecule has 0 heterocycles. The normalized spacial score (nSPS) is 11.5. The van der Waals surface area contributed by atoms with Gasteiger partial charge in [0.05, 0.1) is 6.61 Å². The molecule has 1 amide bonds. The average molecular weight is 343 g/mol. The third kappa shape index (κ3) is 4.97. The van der Waals surface area contributed by atoms with Crippen LogP contribution in [0.3, 0.4) is 0 Å². The Hall–Kier alpha value is -3.02. The minimum atomic E-state index is -1.01. The standard InChI is InChI=1S/C19H21NO5/c1-4-24-15-8-6-14(7-9-15)20-18(22)13(3)25-19(23)16-11-12(2)5-10-17(16)21/h5-11,13,21H,4H2,1-3H3,(H,20,22)/t13-/m1/s1. The molecule has 2 N–H and O–H groups in total. The van der Waals surface area contributed by atoms with E-state index in [4.69, 9.17) is 9.47 Å². The Morgan fingerprint density at radius 2 is 1.84 bits per heavy atom. The second kappa shape index (κ2) is 8.19. The number of carbonyl (C=O) groups excluding carboxylic acids is 2. The van der Waals surface area contributed by atoms with E-state index in [0.29, 0.717) is 18.0 Å². The van der Waals surface area contributed by atoms with E-state index in [1.165, 1.54) is 19.1 Å². The highest BCUT2D eigenvalue weighted by molar-refractivity contribution is 5.98. The van der Waals surface area contributed by atoms with E-state index in [-0.39, 0.29) is 11.3 Å². The van der Waals surface area contributed by atoms with Gasteiger partial charge in [0.15, 0.2) is 6.10 Å². The summed E-state index contributed by atoms with van der Waals surface area (Å²) in [6, 6.07) is 11.5. The molecule has 0 saturated heterocycles. The lowest BCUT2D eigenvalue weighted by Crippen LogP contribution is -2.30. The Bertz CT molecular complexity index is 755. The Kier molecular flexibility index (Phi) is 6.00. The van der Waals surface area contributed by atoms with Crippen molar-refractivity contribution in [2.75, 3.05) is 11.9 Å². The molecule has 2 aromatic carbocycles. The highest BCUT2D eigenvalue weighted by Crippen LogP contribution is 2.20. The van der Waals surface area contributed by atoms with E-state index in [1.807, 2.05) is 6.92 Å². The van der Waals surface area contributed by atoms with E-state index in [9.17, 15) is 14.7 Å². The topological polar surface area (TPSA) is 84.9 Å². The van der Waals surface area contributed by atoms with E-state index in [2.05, 4.69) is 5.32 Å².